The van der Waals surface area contributed by atoms with E-state index in [1.54, 1.807) is 0 Å². The number of rotatable bonds is 0. The first kappa shape index (κ1) is 29.5. The van der Waals surface area contributed by atoms with Crippen LogP contribution >= 0.6 is 0 Å². The predicted octanol–water partition coefficient (Wildman–Crippen LogP) is -3.52. The van der Waals surface area contributed by atoms with Gasteiger partial charge in [0.2, 0.25) is 0 Å². The van der Waals surface area contributed by atoms with Gasteiger partial charge in [0.1, 0.15) is 0 Å². The first-order valence-corrected chi connectivity index (χ1v) is 2.82. The van der Waals surface area contributed by atoms with Gasteiger partial charge in [0, 0.05) is 0 Å². The fourth-order valence-electron chi connectivity index (χ4n) is 0.898. The van der Waals surface area contributed by atoms with Crippen molar-refractivity contribution in [2.45, 2.75) is 32.1 Å². The van der Waals surface area contributed by atoms with Crippen molar-refractivity contribution in [3.8, 4) is 0 Å². The van der Waals surface area contributed by atoms with Crippen LogP contribution in [-0.2, 0) is 21.1 Å². The van der Waals surface area contributed by atoms with Crippen molar-refractivity contribution in [3.63, 3.8) is 0 Å². The number of hydrogen-bond donors (Lipinski definition) is 2. The molecule has 1 fully saturated rings. The van der Waals surface area contributed by atoms with Gasteiger partial charge in [-0.05, 0) is 0 Å². The maximum atomic E-state index is 2.39. The van der Waals surface area contributed by atoms with Gasteiger partial charge >= 0.3 is 21.1 Å². The van der Waals surface area contributed by atoms with Crippen LogP contribution in [0.15, 0.2) is 0 Å². The zero-order valence-corrected chi connectivity index (χ0v) is 10.4. The smallest absolute Gasteiger partial charge is 1.00 e. The Bertz CT molecular complexity index is 34.1. The zero-order valence-electron chi connectivity index (χ0n) is 6.60. The van der Waals surface area contributed by atoms with Gasteiger partial charge in [0.15, 0.2) is 0 Å². The van der Waals surface area contributed by atoms with E-state index >= 15 is 0 Å². The van der Waals surface area contributed by atoms with Crippen LogP contribution in [0.3, 0.4) is 0 Å². The van der Waals surface area contributed by atoms with Gasteiger partial charge in [-0.15, -0.1) is 0 Å². The van der Waals surface area contributed by atoms with Crippen molar-refractivity contribution in [2.75, 3.05) is 0 Å². The minimum atomic E-state index is 0. The monoisotopic (exact) mass is 382 g/mol. The van der Waals surface area contributed by atoms with Crippen molar-refractivity contribution < 1.29 is 45.9 Å². The summed E-state index contributed by atoms with van der Waals surface area (Å²) >= 11 is 0. The van der Waals surface area contributed by atoms with Crippen LogP contribution < -0.4 is 37.1 Å². The standard InChI is InChI=1S/C6H11.2ClH.2H3N.Pt/c1-2-4-6-5-3-1;;;;;/h1H,2-6H2;2*1H;2*1H3;/q-1;;;;;+2/p-2. The summed E-state index contributed by atoms with van der Waals surface area (Å²) in [4.78, 5) is 0. The summed E-state index contributed by atoms with van der Waals surface area (Å²) in [6.45, 7) is 0. The number of halogens is 2. The first-order chi connectivity index (χ1) is 3.00. The molecule has 0 aromatic heterocycles. The second-order valence-electron chi connectivity index (χ2n) is 1.93. The molecule has 6 N–H and O–H groups in total. The molecule has 0 aromatic rings. The Hall–Kier alpha value is 1.19. The van der Waals surface area contributed by atoms with Gasteiger partial charge in [0.05, 0.1) is 0 Å². The Morgan fingerprint density at radius 2 is 1.09 bits per heavy atom. The molecule has 0 aliphatic heterocycles. The Balaban J connectivity index is -0.0000000240. The van der Waals surface area contributed by atoms with E-state index in [1.165, 1.54) is 32.1 Å². The molecule has 0 bridgehead atoms. The van der Waals surface area contributed by atoms with Gasteiger partial charge in [-0.2, -0.15) is 12.8 Å². The second-order valence-corrected chi connectivity index (χ2v) is 1.93. The third kappa shape index (κ3) is 18.3. The molecule has 11 heavy (non-hydrogen) atoms. The molecule has 0 radical (unpaired) electrons. The molecule has 0 aromatic carbocycles. The summed E-state index contributed by atoms with van der Waals surface area (Å²) in [6.07, 6.45) is 9.50. The van der Waals surface area contributed by atoms with Crippen LogP contribution in [0, 0.1) is 6.42 Å². The van der Waals surface area contributed by atoms with Gasteiger partial charge < -0.3 is 43.5 Å². The minimum Gasteiger partial charge on any atom is -1.00 e. The predicted molar refractivity (Wildman–Crippen MR) is 37.4 cm³/mol. The maximum absolute atomic E-state index is 2.39. The average molecular weight is 383 g/mol. The Labute approximate surface area is 96.5 Å². The summed E-state index contributed by atoms with van der Waals surface area (Å²) in [5.41, 5.74) is 0. The van der Waals surface area contributed by atoms with Crippen molar-refractivity contribution in [2.24, 2.45) is 0 Å². The van der Waals surface area contributed by atoms with Crippen molar-refractivity contribution in [3.05, 3.63) is 6.42 Å². The van der Waals surface area contributed by atoms with Crippen LogP contribution in [0.4, 0.5) is 0 Å². The molecule has 1 aliphatic rings. The van der Waals surface area contributed by atoms with Crippen LogP contribution in [0.25, 0.3) is 0 Å². The molecule has 76 valence electrons. The van der Waals surface area contributed by atoms with Gasteiger partial charge in [-0.25, -0.2) is 0 Å². The molecule has 0 saturated heterocycles. The van der Waals surface area contributed by atoms with E-state index in [4.69, 9.17) is 0 Å². The zero-order chi connectivity index (χ0) is 4.24. The quantitative estimate of drug-likeness (QED) is 0.426. The normalized spacial score (nSPS) is 13.1. The number of hydrogen-bond acceptors (Lipinski definition) is 2. The Morgan fingerprint density at radius 3 is 1.18 bits per heavy atom. The van der Waals surface area contributed by atoms with E-state index in [1.807, 2.05) is 0 Å². The molecule has 0 heterocycles. The van der Waals surface area contributed by atoms with Crippen LogP contribution in [-0.4, -0.2) is 0 Å². The van der Waals surface area contributed by atoms with Crippen LogP contribution in [0.1, 0.15) is 32.1 Å². The molecule has 1 saturated carbocycles. The molecule has 1 rings (SSSR count). The third-order valence-electron chi connectivity index (χ3n) is 1.32. The van der Waals surface area contributed by atoms with Gasteiger partial charge in [-0.3, -0.25) is 0 Å². The maximum Gasteiger partial charge on any atom is 2.00 e. The molecule has 2 nitrogen and oxygen atoms in total. The molecular weight excluding hydrogens is 366 g/mol. The van der Waals surface area contributed by atoms with E-state index in [9.17, 15) is 0 Å². The second kappa shape index (κ2) is 22.5. The molecular formula is C6H17Cl2N2Pt-. The van der Waals surface area contributed by atoms with E-state index < -0.39 is 0 Å². The fraction of sp³-hybridized carbons (Fsp3) is 0.833. The SMILES string of the molecule is N.N.[CH-]1CCCCC1.[Cl-].[Cl-].[Pt+2]. The van der Waals surface area contributed by atoms with E-state index in [0.717, 1.165) is 0 Å². The Kier molecular flexibility index (Phi) is 60.3. The van der Waals surface area contributed by atoms with Crippen molar-refractivity contribution >= 4 is 0 Å². The summed E-state index contributed by atoms with van der Waals surface area (Å²) < 4.78 is 0. The molecule has 5 heteroatoms. The fourth-order valence-corrected chi connectivity index (χ4v) is 0.898. The van der Waals surface area contributed by atoms with Crippen LogP contribution in [0.5, 0.6) is 0 Å². The molecule has 0 spiro atoms. The molecule has 0 atom stereocenters. The van der Waals surface area contributed by atoms with E-state index in [-0.39, 0.29) is 58.2 Å². The summed E-state index contributed by atoms with van der Waals surface area (Å²) in [5, 5.41) is 0. The largest absolute Gasteiger partial charge is 2.00 e. The van der Waals surface area contributed by atoms with Crippen LogP contribution in [0.2, 0.25) is 0 Å². The Morgan fingerprint density at radius 1 is 0.727 bits per heavy atom. The molecule has 0 unspecified atom stereocenters. The summed E-state index contributed by atoms with van der Waals surface area (Å²) in [6, 6.07) is 0. The van der Waals surface area contributed by atoms with Crippen molar-refractivity contribution in [1.82, 2.24) is 12.3 Å². The van der Waals surface area contributed by atoms with Gasteiger partial charge in [-0.1, -0.05) is 19.3 Å². The van der Waals surface area contributed by atoms with E-state index in [2.05, 4.69) is 6.42 Å². The minimum absolute atomic E-state index is 0. The molecule has 0 amide bonds. The summed E-state index contributed by atoms with van der Waals surface area (Å²) in [5.74, 6) is 0. The van der Waals surface area contributed by atoms with Crippen molar-refractivity contribution in [1.29, 1.82) is 0 Å². The summed E-state index contributed by atoms with van der Waals surface area (Å²) in [7, 11) is 0. The van der Waals surface area contributed by atoms with Gasteiger partial charge in [0.25, 0.3) is 0 Å². The first-order valence-electron chi connectivity index (χ1n) is 2.82. The topological polar surface area (TPSA) is 70.0 Å². The molecule has 1 aliphatic carbocycles. The van der Waals surface area contributed by atoms with E-state index in [0.29, 0.717) is 0 Å². The average Bonchev–Trinajstić information content (AvgIpc) is 1.72. The third-order valence-corrected chi connectivity index (χ3v) is 1.32.